The molecule has 1 heterocycles. The second-order valence-electron chi connectivity index (χ2n) is 3.42. The Hall–Kier alpha value is -1.08. The molecule has 0 aromatic rings. The first kappa shape index (κ1) is 11.0. The van der Waals surface area contributed by atoms with Crippen molar-refractivity contribution in [1.82, 2.24) is 4.90 Å². The number of rotatable bonds is 4. The quantitative estimate of drug-likeness (QED) is 0.628. The molecule has 1 rings (SSSR count). The fraction of sp³-hybridized carbons (Fsp3) is 0.800. The Bertz CT molecular complexity index is 229. The van der Waals surface area contributed by atoms with E-state index in [4.69, 9.17) is 10.00 Å². The number of hydrogen-bond donors (Lipinski definition) is 0. The Kier molecular flexibility index (Phi) is 4.41. The molecule has 1 aliphatic rings. The van der Waals surface area contributed by atoms with Crippen LogP contribution >= 0.6 is 0 Å². The van der Waals surface area contributed by atoms with Crippen LogP contribution in [0.25, 0.3) is 0 Å². The molecule has 14 heavy (non-hydrogen) atoms. The first-order valence-electron chi connectivity index (χ1n) is 5.07. The average molecular weight is 196 g/mol. The summed E-state index contributed by atoms with van der Waals surface area (Å²) in [6.07, 6.45) is 2.32. The maximum Gasteiger partial charge on any atom is 0.252 e. The third-order valence-corrected chi connectivity index (χ3v) is 2.27. The van der Waals surface area contributed by atoms with Crippen molar-refractivity contribution in [3.8, 4) is 6.07 Å². The van der Waals surface area contributed by atoms with Crippen molar-refractivity contribution in [2.24, 2.45) is 0 Å². The van der Waals surface area contributed by atoms with E-state index in [0.717, 1.165) is 19.3 Å². The van der Waals surface area contributed by atoms with E-state index in [9.17, 15) is 4.79 Å². The number of ether oxygens (including phenoxy) is 1. The summed E-state index contributed by atoms with van der Waals surface area (Å²) in [6.45, 7) is 3.48. The number of carbonyl (C=O) groups excluding carboxylic acids is 1. The molecule has 0 aliphatic carbocycles. The van der Waals surface area contributed by atoms with E-state index in [2.05, 4.69) is 0 Å². The molecular formula is C10H16N2O2. The summed E-state index contributed by atoms with van der Waals surface area (Å²) in [5.74, 6) is -0.0223. The molecule has 0 N–H and O–H groups in total. The number of nitriles is 1. The van der Waals surface area contributed by atoms with E-state index >= 15 is 0 Å². The fourth-order valence-electron chi connectivity index (χ4n) is 1.60. The van der Waals surface area contributed by atoms with Crippen LogP contribution in [0.15, 0.2) is 0 Å². The molecule has 1 atom stereocenters. The highest BCUT2D eigenvalue weighted by Crippen LogP contribution is 2.14. The molecule has 0 spiro atoms. The Labute approximate surface area is 84.4 Å². The van der Waals surface area contributed by atoms with E-state index in [0.29, 0.717) is 13.2 Å². The van der Waals surface area contributed by atoms with E-state index in [1.807, 2.05) is 13.0 Å². The van der Waals surface area contributed by atoms with E-state index in [1.54, 1.807) is 4.90 Å². The van der Waals surface area contributed by atoms with Crippen LogP contribution in [-0.4, -0.2) is 36.6 Å². The molecule has 1 aliphatic heterocycles. The lowest BCUT2D eigenvalue weighted by molar-refractivity contribution is -0.140. The monoisotopic (exact) mass is 196 g/mol. The van der Waals surface area contributed by atoms with E-state index < -0.39 is 0 Å². The van der Waals surface area contributed by atoms with Crippen LogP contribution in [0.2, 0.25) is 0 Å². The maximum atomic E-state index is 11.8. The predicted octanol–water partition coefficient (Wildman–Crippen LogP) is 0.928. The molecular weight excluding hydrogens is 180 g/mol. The Morgan fingerprint density at radius 3 is 3.00 bits per heavy atom. The summed E-state index contributed by atoms with van der Waals surface area (Å²) < 4.78 is 5.29. The third kappa shape index (κ3) is 2.71. The zero-order chi connectivity index (χ0) is 10.4. The van der Waals surface area contributed by atoms with Crippen LogP contribution in [0.1, 0.15) is 26.2 Å². The van der Waals surface area contributed by atoms with E-state index in [-0.39, 0.29) is 18.6 Å². The van der Waals surface area contributed by atoms with Gasteiger partial charge in [-0.05, 0) is 19.3 Å². The predicted molar refractivity (Wildman–Crippen MR) is 51.5 cm³/mol. The summed E-state index contributed by atoms with van der Waals surface area (Å²) in [6, 6.07) is 2.01. The lowest BCUT2D eigenvalue weighted by atomic mass is 10.2. The normalized spacial score (nSPS) is 20.4. The Balaban J connectivity index is 2.49. The van der Waals surface area contributed by atoms with Gasteiger partial charge in [0.25, 0.3) is 5.91 Å². The highest BCUT2D eigenvalue weighted by molar-refractivity contribution is 5.81. The second kappa shape index (κ2) is 5.61. The first-order chi connectivity index (χ1) is 6.79. The molecule has 0 saturated carbocycles. The second-order valence-corrected chi connectivity index (χ2v) is 3.42. The SMILES string of the molecule is CCCN(CC#N)C(=O)C1CCCO1. The number of carbonyl (C=O) groups is 1. The van der Waals surface area contributed by atoms with Gasteiger partial charge in [0.2, 0.25) is 0 Å². The van der Waals surface area contributed by atoms with Crippen molar-refractivity contribution in [3.05, 3.63) is 0 Å². The molecule has 0 aromatic heterocycles. The molecule has 78 valence electrons. The molecule has 1 saturated heterocycles. The van der Waals surface area contributed by atoms with Crippen LogP contribution in [0, 0.1) is 11.3 Å². The zero-order valence-corrected chi connectivity index (χ0v) is 8.53. The molecule has 0 aromatic carbocycles. The van der Waals surface area contributed by atoms with Crippen molar-refractivity contribution < 1.29 is 9.53 Å². The summed E-state index contributed by atoms with van der Waals surface area (Å²) in [4.78, 5) is 13.4. The highest BCUT2D eigenvalue weighted by atomic mass is 16.5. The Morgan fingerprint density at radius 1 is 1.71 bits per heavy atom. The highest BCUT2D eigenvalue weighted by Gasteiger charge is 2.27. The van der Waals surface area contributed by atoms with Gasteiger partial charge in [-0.1, -0.05) is 6.92 Å². The number of hydrogen-bond acceptors (Lipinski definition) is 3. The van der Waals surface area contributed by atoms with Gasteiger partial charge in [0.15, 0.2) is 0 Å². The van der Waals surface area contributed by atoms with Gasteiger partial charge in [0, 0.05) is 13.2 Å². The van der Waals surface area contributed by atoms with Gasteiger partial charge in [0.1, 0.15) is 12.6 Å². The average Bonchev–Trinajstić information content (AvgIpc) is 2.69. The summed E-state index contributed by atoms with van der Waals surface area (Å²) in [7, 11) is 0. The van der Waals surface area contributed by atoms with Gasteiger partial charge >= 0.3 is 0 Å². The van der Waals surface area contributed by atoms with Crippen LogP contribution in [0.3, 0.4) is 0 Å². The number of nitrogens with zero attached hydrogens (tertiary/aromatic N) is 2. The van der Waals surface area contributed by atoms with Gasteiger partial charge in [-0.25, -0.2) is 0 Å². The van der Waals surface area contributed by atoms with Crippen molar-refractivity contribution in [1.29, 1.82) is 5.26 Å². The molecule has 1 amide bonds. The minimum atomic E-state index is -0.296. The smallest absolute Gasteiger partial charge is 0.252 e. The first-order valence-corrected chi connectivity index (χ1v) is 5.07. The van der Waals surface area contributed by atoms with Gasteiger partial charge < -0.3 is 9.64 Å². The standard InChI is InChI=1S/C10H16N2O2/c1-2-6-12(7-5-11)10(13)9-4-3-8-14-9/h9H,2-4,6-8H2,1H3. The van der Waals surface area contributed by atoms with Gasteiger partial charge in [-0.3, -0.25) is 4.79 Å². The molecule has 4 heteroatoms. The summed E-state index contributed by atoms with van der Waals surface area (Å²) in [5, 5.41) is 8.57. The molecule has 1 unspecified atom stereocenters. The Morgan fingerprint density at radius 2 is 2.50 bits per heavy atom. The lowest BCUT2D eigenvalue weighted by Gasteiger charge is -2.21. The summed E-state index contributed by atoms with van der Waals surface area (Å²) >= 11 is 0. The largest absolute Gasteiger partial charge is 0.368 e. The third-order valence-electron chi connectivity index (χ3n) is 2.27. The van der Waals surface area contributed by atoms with Crippen LogP contribution in [-0.2, 0) is 9.53 Å². The minimum absolute atomic E-state index is 0.0223. The van der Waals surface area contributed by atoms with E-state index in [1.165, 1.54) is 0 Å². The van der Waals surface area contributed by atoms with Gasteiger partial charge in [0.05, 0.1) is 6.07 Å². The number of amides is 1. The zero-order valence-electron chi connectivity index (χ0n) is 8.53. The van der Waals surface area contributed by atoms with Crippen molar-refractivity contribution >= 4 is 5.91 Å². The maximum absolute atomic E-state index is 11.8. The van der Waals surface area contributed by atoms with Crippen molar-refractivity contribution in [3.63, 3.8) is 0 Å². The molecule has 0 radical (unpaired) electrons. The molecule has 0 bridgehead atoms. The fourth-order valence-corrected chi connectivity index (χ4v) is 1.60. The van der Waals surface area contributed by atoms with Crippen LogP contribution in [0.5, 0.6) is 0 Å². The lowest BCUT2D eigenvalue weighted by Crippen LogP contribution is -2.39. The summed E-state index contributed by atoms with van der Waals surface area (Å²) in [5.41, 5.74) is 0. The topological polar surface area (TPSA) is 53.3 Å². The minimum Gasteiger partial charge on any atom is -0.368 e. The van der Waals surface area contributed by atoms with Crippen molar-refractivity contribution in [2.75, 3.05) is 19.7 Å². The van der Waals surface area contributed by atoms with Crippen molar-refractivity contribution in [2.45, 2.75) is 32.3 Å². The van der Waals surface area contributed by atoms with Gasteiger partial charge in [-0.15, -0.1) is 0 Å². The van der Waals surface area contributed by atoms with Crippen LogP contribution < -0.4 is 0 Å². The molecule has 1 fully saturated rings. The van der Waals surface area contributed by atoms with Crippen LogP contribution in [0.4, 0.5) is 0 Å². The van der Waals surface area contributed by atoms with Gasteiger partial charge in [-0.2, -0.15) is 5.26 Å². The molecule has 4 nitrogen and oxygen atoms in total.